The molecular formula is C19H20N2O4S. The van der Waals surface area contributed by atoms with Gasteiger partial charge in [0.2, 0.25) is 0 Å². The van der Waals surface area contributed by atoms with Crippen LogP contribution in [-0.2, 0) is 13.1 Å². The Bertz CT molecular complexity index is 795. The second-order valence-corrected chi connectivity index (χ2v) is 6.32. The van der Waals surface area contributed by atoms with Gasteiger partial charge < -0.3 is 24.1 Å². The van der Waals surface area contributed by atoms with Gasteiger partial charge in [0.1, 0.15) is 5.76 Å². The van der Waals surface area contributed by atoms with E-state index in [1.54, 1.807) is 61.0 Å². The van der Waals surface area contributed by atoms with Crippen molar-refractivity contribution in [3.8, 4) is 11.5 Å². The summed E-state index contributed by atoms with van der Waals surface area (Å²) in [6.07, 6.45) is 1.60. The fraction of sp³-hybridized carbons (Fsp3) is 0.211. The van der Waals surface area contributed by atoms with Gasteiger partial charge in [0.05, 0.1) is 32.7 Å². The van der Waals surface area contributed by atoms with E-state index in [0.717, 1.165) is 5.56 Å². The topological polar surface area (TPSA) is 63.9 Å². The Morgan fingerprint density at radius 2 is 2.04 bits per heavy atom. The van der Waals surface area contributed by atoms with Gasteiger partial charge in [0, 0.05) is 6.54 Å². The number of thiophene rings is 1. The van der Waals surface area contributed by atoms with Gasteiger partial charge in [-0.3, -0.25) is 0 Å². The first-order chi connectivity index (χ1) is 12.7. The first-order valence-electron chi connectivity index (χ1n) is 8.01. The van der Waals surface area contributed by atoms with Crippen molar-refractivity contribution in [2.45, 2.75) is 13.1 Å². The van der Waals surface area contributed by atoms with Gasteiger partial charge in [-0.1, -0.05) is 6.07 Å². The molecule has 0 spiro atoms. The summed E-state index contributed by atoms with van der Waals surface area (Å²) < 4.78 is 16.1. The number of rotatable bonds is 7. The van der Waals surface area contributed by atoms with E-state index in [1.807, 2.05) is 22.9 Å². The zero-order valence-corrected chi connectivity index (χ0v) is 15.4. The van der Waals surface area contributed by atoms with Gasteiger partial charge in [-0.2, -0.15) is 11.3 Å². The molecule has 2 amide bonds. The third-order valence-corrected chi connectivity index (χ3v) is 4.54. The molecule has 0 bridgehead atoms. The number of furan rings is 1. The molecule has 0 aliphatic rings. The van der Waals surface area contributed by atoms with E-state index in [1.165, 1.54) is 0 Å². The zero-order chi connectivity index (χ0) is 18.4. The molecule has 0 unspecified atom stereocenters. The Morgan fingerprint density at radius 3 is 2.69 bits per heavy atom. The lowest BCUT2D eigenvalue weighted by Crippen LogP contribution is -2.34. The molecule has 1 N–H and O–H groups in total. The average molecular weight is 372 g/mol. The SMILES string of the molecule is COc1cccc(NC(=O)N(Cc2ccsc2)Cc2ccco2)c1OC. The molecule has 0 saturated heterocycles. The molecule has 3 rings (SSSR count). The van der Waals surface area contributed by atoms with Crippen molar-refractivity contribution in [2.24, 2.45) is 0 Å². The Morgan fingerprint density at radius 1 is 1.15 bits per heavy atom. The van der Waals surface area contributed by atoms with Crippen molar-refractivity contribution >= 4 is 23.1 Å². The van der Waals surface area contributed by atoms with E-state index in [2.05, 4.69) is 5.32 Å². The molecule has 3 aromatic rings. The van der Waals surface area contributed by atoms with Gasteiger partial charge in [-0.05, 0) is 46.7 Å². The molecule has 2 aromatic heterocycles. The van der Waals surface area contributed by atoms with Crippen molar-refractivity contribution in [1.82, 2.24) is 4.90 Å². The number of carbonyl (C=O) groups excluding carboxylic acids is 1. The van der Waals surface area contributed by atoms with Crippen molar-refractivity contribution in [3.63, 3.8) is 0 Å². The van der Waals surface area contributed by atoms with Crippen LogP contribution >= 0.6 is 11.3 Å². The number of nitrogens with zero attached hydrogens (tertiary/aromatic N) is 1. The first-order valence-corrected chi connectivity index (χ1v) is 8.96. The summed E-state index contributed by atoms with van der Waals surface area (Å²) in [5, 5.41) is 6.92. The minimum atomic E-state index is -0.251. The molecule has 0 aliphatic carbocycles. The molecule has 0 aliphatic heterocycles. The molecule has 7 heteroatoms. The van der Waals surface area contributed by atoms with Crippen LogP contribution in [0.1, 0.15) is 11.3 Å². The summed E-state index contributed by atoms with van der Waals surface area (Å²) in [5.41, 5.74) is 1.61. The Balaban J connectivity index is 1.81. The van der Waals surface area contributed by atoms with Crippen LogP contribution in [0.4, 0.5) is 10.5 Å². The Kier molecular flexibility index (Phi) is 5.80. The first kappa shape index (κ1) is 17.9. The molecule has 1 aromatic carbocycles. The predicted octanol–water partition coefficient (Wildman–Crippen LogP) is 4.59. The van der Waals surface area contributed by atoms with Crippen molar-refractivity contribution in [1.29, 1.82) is 0 Å². The smallest absolute Gasteiger partial charge is 0.322 e. The van der Waals surface area contributed by atoms with E-state index in [-0.39, 0.29) is 6.03 Å². The van der Waals surface area contributed by atoms with Crippen LogP contribution in [0.2, 0.25) is 0 Å². The van der Waals surface area contributed by atoms with E-state index < -0.39 is 0 Å². The average Bonchev–Trinajstić information content (AvgIpc) is 3.35. The van der Waals surface area contributed by atoms with Crippen molar-refractivity contribution in [2.75, 3.05) is 19.5 Å². The fourth-order valence-corrected chi connectivity index (χ4v) is 3.23. The lowest BCUT2D eigenvalue weighted by molar-refractivity contribution is 0.201. The number of carbonyl (C=O) groups is 1. The van der Waals surface area contributed by atoms with Gasteiger partial charge in [-0.25, -0.2) is 4.79 Å². The van der Waals surface area contributed by atoms with Crippen LogP contribution in [0.5, 0.6) is 11.5 Å². The number of urea groups is 1. The maximum Gasteiger partial charge on any atom is 0.322 e. The Labute approximate surface area is 156 Å². The van der Waals surface area contributed by atoms with Gasteiger partial charge in [0.25, 0.3) is 0 Å². The van der Waals surface area contributed by atoms with Crippen LogP contribution in [0.15, 0.2) is 57.8 Å². The summed E-state index contributed by atoms with van der Waals surface area (Å²) in [6, 6.07) is 10.8. The summed E-state index contributed by atoms with van der Waals surface area (Å²) in [7, 11) is 3.10. The minimum absolute atomic E-state index is 0.251. The molecule has 0 fully saturated rings. The van der Waals surface area contributed by atoms with Crippen LogP contribution in [0.3, 0.4) is 0 Å². The molecule has 136 valence electrons. The molecule has 0 saturated carbocycles. The third-order valence-electron chi connectivity index (χ3n) is 3.81. The van der Waals surface area contributed by atoms with Gasteiger partial charge >= 0.3 is 6.03 Å². The number of methoxy groups -OCH3 is 2. The number of para-hydroxylation sites is 1. The van der Waals surface area contributed by atoms with Crippen molar-refractivity contribution < 1.29 is 18.7 Å². The molecular weight excluding hydrogens is 352 g/mol. The van der Waals surface area contributed by atoms with Gasteiger partial charge in [0.15, 0.2) is 11.5 Å². The molecule has 26 heavy (non-hydrogen) atoms. The summed E-state index contributed by atoms with van der Waals surface area (Å²) >= 11 is 1.60. The largest absolute Gasteiger partial charge is 0.493 e. The molecule has 2 heterocycles. The highest BCUT2D eigenvalue weighted by Gasteiger charge is 2.19. The highest BCUT2D eigenvalue weighted by atomic mass is 32.1. The maximum absolute atomic E-state index is 12.9. The fourth-order valence-electron chi connectivity index (χ4n) is 2.57. The van der Waals surface area contributed by atoms with E-state index >= 15 is 0 Å². The quantitative estimate of drug-likeness (QED) is 0.659. The standard InChI is InChI=1S/C19H20N2O4S/c1-23-17-7-3-6-16(18(17)24-2)20-19(22)21(11-14-8-10-26-13-14)12-15-5-4-9-25-15/h3-10,13H,11-12H2,1-2H3,(H,20,22). The van der Waals surface area contributed by atoms with E-state index in [9.17, 15) is 4.79 Å². The van der Waals surface area contributed by atoms with Crippen molar-refractivity contribution in [3.05, 3.63) is 64.7 Å². The van der Waals surface area contributed by atoms with E-state index in [4.69, 9.17) is 13.9 Å². The minimum Gasteiger partial charge on any atom is -0.493 e. The molecule has 0 radical (unpaired) electrons. The van der Waals surface area contributed by atoms with E-state index in [0.29, 0.717) is 36.0 Å². The van der Waals surface area contributed by atoms with Crippen LogP contribution in [-0.4, -0.2) is 25.2 Å². The molecule has 0 atom stereocenters. The second kappa shape index (κ2) is 8.44. The number of anilines is 1. The Hall–Kier alpha value is -2.93. The number of hydrogen-bond donors (Lipinski definition) is 1. The lowest BCUT2D eigenvalue weighted by Gasteiger charge is -2.23. The summed E-state index contributed by atoms with van der Waals surface area (Å²) in [5.74, 6) is 1.76. The number of ether oxygens (including phenoxy) is 2. The zero-order valence-electron chi connectivity index (χ0n) is 14.6. The monoisotopic (exact) mass is 372 g/mol. The van der Waals surface area contributed by atoms with Crippen LogP contribution in [0.25, 0.3) is 0 Å². The summed E-state index contributed by atoms with van der Waals surface area (Å²) in [4.78, 5) is 14.6. The highest BCUT2D eigenvalue weighted by molar-refractivity contribution is 7.07. The second-order valence-electron chi connectivity index (χ2n) is 5.54. The van der Waals surface area contributed by atoms with Gasteiger partial charge in [-0.15, -0.1) is 0 Å². The maximum atomic E-state index is 12.9. The normalized spacial score (nSPS) is 10.4. The number of hydrogen-bond acceptors (Lipinski definition) is 5. The van der Waals surface area contributed by atoms with Crippen LogP contribution in [0, 0.1) is 0 Å². The molecule has 6 nitrogen and oxygen atoms in total. The number of nitrogens with one attached hydrogen (secondary N) is 1. The van der Waals surface area contributed by atoms with Crippen LogP contribution < -0.4 is 14.8 Å². The third kappa shape index (κ3) is 4.18. The lowest BCUT2D eigenvalue weighted by atomic mass is 10.2. The number of benzene rings is 1. The number of amides is 2. The highest BCUT2D eigenvalue weighted by Crippen LogP contribution is 2.35. The predicted molar refractivity (Wildman–Crippen MR) is 101 cm³/mol. The summed E-state index contributed by atoms with van der Waals surface area (Å²) in [6.45, 7) is 0.837.